The standard InChI is InChI=1S/C17H19N5O2S2/c1-11-4-6-12(7-5-11)15-20-19-14(24-15)10-25-17-22-21-16(26-17)18-9-13-3-2-8-23-13/h4-7,13H,2-3,8-10H2,1H3,(H,18,21). The van der Waals surface area contributed by atoms with E-state index in [1.807, 2.05) is 31.2 Å². The topological polar surface area (TPSA) is 86.0 Å². The van der Waals surface area contributed by atoms with Crippen molar-refractivity contribution in [3.8, 4) is 11.5 Å². The van der Waals surface area contributed by atoms with E-state index in [1.54, 1.807) is 11.8 Å². The molecule has 0 amide bonds. The molecule has 1 saturated heterocycles. The van der Waals surface area contributed by atoms with Crippen molar-refractivity contribution in [2.24, 2.45) is 0 Å². The van der Waals surface area contributed by atoms with Gasteiger partial charge in [0.2, 0.25) is 16.9 Å². The van der Waals surface area contributed by atoms with Gasteiger partial charge in [-0.15, -0.1) is 20.4 Å². The molecular formula is C17H19N5O2S2. The molecule has 2 aromatic heterocycles. The number of nitrogens with zero attached hydrogens (tertiary/aromatic N) is 4. The molecular weight excluding hydrogens is 370 g/mol. The van der Waals surface area contributed by atoms with E-state index in [1.165, 1.54) is 16.9 Å². The first kappa shape index (κ1) is 17.4. The Labute approximate surface area is 159 Å². The maximum Gasteiger partial charge on any atom is 0.247 e. The van der Waals surface area contributed by atoms with E-state index in [-0.39, 0.29) is 6.10 Å². The lowest BCUT2D eigenvalue weighted by Gasteiger charge is -2.08. The van der Waals surface area contributed by atoms with Gasteiger partial charge in [-0.05, 0) is 31.9 Å². The van der Waals surface area contributed by atoms with Gasteiger partial charge in [0.15, 0.2) is 4.34 Å². The molecule has 1 aliphatic rings. The molecule has 0 aliphatic carbocycles. The molecule has 1 atom stereocenters. The number of rotatable bonds is 7. The van der Waals surface area contributed by atoms with Gasteiger partial charge >= 0.3 is 0 Å². The predicted molar refractivity (Wildman–Crippen MR) is 101 cm³/mol. The zero-order valence-corrected chi connectivity index (χ0v) is 16.0. The van der Waals surface area contributed by atoms with Crippen molar-refractivity contribution >= 4 is 28.2 Å². The molecule has 1 fully saturated rings. The van der Waals surface area contributed by atoms with Crippen molar-refractivity contribution in [3.05, 3.63) is 35.7 Å². The van der Waals surface area contributed by atoms with E-state index in [0.717, 1.165) is 41.0 Å². The Kier molecular flexibility index (Phi) is 5.47. The number of hydrogen-bond donors (Lipinski definition) is 1. The summed E-state index contributed by atoms with van der Waals surface area (Å²) in [4.78, 5) is 0. The van der Waals surface area contributed by atoms with Crippen LogP contribution in [0.3, 0.4) is 0 Å². The van der Waals surface area contributed by atoms with Crippen LogP contribution in [0.4, 0.5) is 5.13 Å². The summed E-state index contributed by atoms with van der Waals surface area (Å²) in [5.74, 6) is 1.69. The summed E-state index contributed by atoms with van der Waals surface area (Å²) in [6.45, 7) is 3.69. The van der Waals surface area contributed by atoms with Crippen LogP contribution < -0.4 is 5.32 Å². The second-order valence-corrected chi connectivity index (χ2v) is 8.24. The maximum atomic E-state index is 5.73. The summed E-state index contributed by atoms with van der Waals surface area (Å²) >= 11 is 3.07. The molecule has 1 aromatic carbocycles. The first-order chi connectivity index (χ1) is 12.8. The van der Waals surface area contributed by atoms with E-state index in [2.05, 4.69) is 25.7 Å². The fraction of sp³-hybridized carbons (Fsp3) is 0.412. The fourth-order valence-electron chi connectivity index (χ4n) is 2.59. The number of aromatic nitrogens is 4. The largest absolute Gasteiger partial charge is 0.420 e. The number of thioether (sulfide) groups is 1. The van der Waals surface area contributed by atoms with Crippen molar-refractivity contribution in [3.63, 3.8) is 0 Å². The van der Waals surface area contributed by atoms with Crippen LogP contribution in [0.25, 0.3) is 11.5 Å². The highest BCUT2D eigenvalue weighted by Crippen LogP contribution is 2.29. The van der Waals surface area contributed by atoms with Crippen LogP contribution in [-0.4, -0.2) is 39.7 Å². The summed E-state index contributed by atoms with van der Waals surface area (Å²) in [6, 6.07) is 8.02. The summed E-state index contributed by atoms with van der Waals surface area (Å²) in [7, 11) is 0. The Hall–Kier alpha value is -1.97. The number of hydrogen-bond acceptors (Lipinski definition) is 9. The van der Waals surface area contributed by atoms with E-state index in [9.17, 15) is 0 Å². The second kappa shape index (κ2) is 8.15. The van der Waals surface area contributed by atoms with Crippen LogP contribution in [0, 0.1) is 6.92 Å². The molecule has 1 unspecified atom stereocenters. The van der Waals surface area contributed by atoms with Gasteiger partial charge in [0, 0.05) is 18.7 Å². The molecule has 0 spiro atoms. The zero-order chi connectivity index (χ0) is 17.8. The molecule has 136 valence electrons. The highest BCUT2D eigenvalue weighted by atomic mass is 32.2. The molecule has 1 N–H and O–H groups in total. The number of nitrogens with one attached hydrogen (secondary N) is 1. The number of ether oxygens (including phenoxy) is 1. The predicted octanol–water partition coefficient (Wildman–Crippen LogP) is 3.78. The van der Waals surface area contributed by atoms with E-state index in [0.29, 0.717) is 17.5 Å². The van der Waals surface area contributed by atoms with Gasteiger partial charge in [0.25, 0.3) is 0 Å². The van der Waals surface area contributed by atoms with E-state index in [4.69, 9.17) is 9.15 Å². The number of aryl methyl sites for hydroxylation is 1. The quantitative estimate of drug-likeness (QED) is 0.611. The molecule has 0 bridgehead atoms. The Bertz CT molecular complexity index is 843. The molecule has 9 heteroatoms. The summed E-state index contributed by atoms with van der Waals surface area (Å²) in [5.41, 5.74) is 2.13. The smallest absolute Gasteiger partial charge is 0.247 e. The van der Waals surface area contributed by atoms with Gasteiger partial charge in [0.05, 0.1) is 11.9 Å². The van der Waals surface area contributed by atoms with Gasteiger partial charge in [-0.1, -0.05) is 40.8 Å². The lowest BCUT2D eigenvalue weighted by atomic mass is 10.1. The minimum atomic E-state index is 0.286. The van der Waals surface area contributed by atoms with Crippen molar-refractivity contribution in [1.29, 1.82) is 0 Å². The third-order valence-corrected chi connectivity index (χ3v) is 5.99. The van der Waals surface area contributed by atoms with Gasteiger partial charge in [0.1, 0.15) is 0 Å². The number of benzene rings is 1. The third-order valence-electron chi connectivity index (χ3n) is 4.00. The van der Waals surface area contributed by atoms with Crippen molar-refractivity contribution in [2.75, 3.05) is 18.5 Å². The van der Waals surface area contributed by atoms with Crippen LogP contribution in [0.5, 0.6) is 0 Å². The Morgan fingerprint density at radius 1 is 1.19 bits per heavy atom. The Morgan fingerprint density at radius 2 is 2.08 bits per heavy atom. The van der Waals surface area contributed by atoms with Gasteiger partial charge in [-0.25, -0.2) is 0 Å². The highest BCUT2D eigenvalue weighted by Gasteiger charge is 2.16. The third kappa shape index (κ3) is 4.40. The summed E-state index contributed by atoms with van der Waals surface area (Å²) in [6.07, 6.45) is 2.53. The first-order valence-electron chi connectivity index (χ1n) is 8.47. The summed E-state index contributed by atoms with van der Waals surface area (Å²) in [5, 5.41) is 20.7. The summed E-state index contributed by atoms with van der Waals surface area (Å²) < 4.78 is 12.2. The van der Waals surface area contributed by atoms with Crippen molar-refractivity contribution in [1.82, 2.24) is 20.4 Å². The van der Waals surface area contributed by atoms with Crippen LogP contribution >= 0.6 is 23.1 Å². The zero-order valence-electron chi connectivity index (χ0n) is 14.3. The average Bonchev–Trinajstić information content (AvgIpc) is 3.40. The van der Waals surface area contributed by atoms with Gasteiger partial charge in [-0.2, -0.15) is 0 Å². The minimum absolute atomic E-state index is 0.286. The molecule has 0 radical (unpaired) electrons. The highest BCUT2D eigenvalue weighted by molar-refractivity contribution is 8.00. The van der Waals surface area contributed by atoms with Crippen LogP contribution in [0.1, 0.15) is 24.3 Å². The monoisotopic (exact) mass is 389 g/mol. The molecule has 0 saturated carbocycles. The fourth-order valence-corrected chi connectivity index (χ4v) is 4.19. The van der Waals surface area contributed by atoms with E-state index < -0.39 is 0 Å². The first-order valence-corrected chi connectivity index (χ1v) is 10.3. The lowest BCUT2D eigenvalue weighted by Crippen LogP contribution is -2.18. The lowest BCUT2D eigenvalue weighted by molar-refractivity contribution is 0.120. The average molecular weight is 390 g/mol. The minimum Gasteiger partial charge on any atom is -0.420 e. The van der Waals surface area contributed by atoms with Crippen molar-refractivity contribution in [2.45, 2.75) is 36.0 Å². The molecule has 26 heavy (non-hydrogen) atoms. The van der Waals surface area contributed by atoms with Crippen molar-refractivity contribution < 1.29 is 9.15 Å². The SMILES string of the molecule is Cc1ccc(-c2nnc(CSc3nnc(NCC4CCCO4)s3)o2)cc1. The molecule has 3 heterocycles. The van der Waals surface area contributed by atoms with Crippen LogP contribution in [0.2, 0.25) is 0 Å². The van der Waals surface area contributed by atoms with Crippen LogP contribution in [0.15, 0.2) is 33.0 Å². The normalized spacial score (nSPS) is 16.9. The van der Waals surface area contributed by atoms with Gasteiger partial charge in [-0.3, -0.25) is 0 Å². The molecule has 7 nitrogen and oxygen atoms in total. The van der Waals surface area contributed by atoms with E-state index >= 15 is 0 Å². The van der Waals surface area contributed by atoms with Gasteiger partial charge < -0.3 is 14.5 Å². The second-order valence-electron chi connectivity index (χ2n) is 6.04. The molecule has 3 aromatic rings. The molecule has 4 rings (SSSR count). The Morgan fingerprint density at radius 3 is 2.88 bits per heavy atom. The molecule has 1 aliphatic heterocycles. The number of anilines is 1. The maximum absolute atomic E-state index is 5.73. The Balaban J connectivity index is 1.29. The van der Waals surface area contributed by atoms with Crippen LogP contribution in [-0.2, 0) is 10.5 Å².